The number of rotatable bonds is 2. The number of aromatic hydroxyl groups is 1. The molecule has 2 heterocycles. The minimum absolute atomic E-state index is 0.0183. The average Bonchev–Trinajstić information content (AvgIpc) is 3.18. The van der Waals surface area contributed by atoms with Crippen LogP contribution in [0.4, 0.5) is 0 Å². The van der Waals surface area contributed by atoms with Gasteiger partial charge in [0, 0.05) is 5.56 Å². The maximum Gasteiger partial charge on any atom is 0.146 e. The van der Waals surface area contributed by atoms with Crippen molar-refractivity contribution in [1.29, 1.82) is 0 Å². The molecule has 2 aromatic carbocycles. The first-order valence-corrected chi connectivity index (χ1v) is 9.45. The maximum atomic E-state index is 11.1. The number of nitrogens with zero attached hydrogens (tertiary/aromatic N) is 3. The SMILES string of the molecule is CCc1ccc2c(c1)n1n(-c3cc(C(C)(C)C)cc(C(C)(C)C)c3O)n21. The number of aryl methyl sites for hydroxylation is 1. The molecule has 0 saturated carbocycles. The summed E-state index contributed by atoms with van der Waals surface area (Å²) in [6, 6.07) is 10.9. The third kappa shape index (κ3) is 2.35. The predicted octanol–water partition coefficient (Wildman–Crippen LogP) is 5.28. The van der Waals surface area contributed by atoms with Crippen molar-refractivity contribution < 1.29 is 5.11 Å². The van der Waals surface area contributed by atoms with Gasteiger partial charge in [-0.25, -0.2) is 0 Å². The van der Waals surface area contributed by atoms with Crippen LogP contribution in [0, 0.1) is 0 Å². The number of phenolic OH excluding ortho intramolecular Hbond substituents is 1. The monoisotopic (exact) mass is 351 g/mol. The summed E-state index contributed by atoms with van der Waals surface area (Å²) in [5.41, 5.74) is 6.72. The van der Waals surface area contributed by atoms with Crippen LogP contribution in [0.2, 0.25) is 0 Å². The molecular weight excluding hydrogens is 322 g/mol. The van der Waals surface area contributed by atoms with Crippen molar-refractivity contribution in [3.05, 3.63) is 47.0 Å². The van der Waals surface area contributed by atoms with Gasteiger partial charge in [0.1, 0.15) is 22.5 Å². The van der Waals surface area contributed by atoms with Gasteiger partial charge in [0.25, 0.3) is 0 Å². The summed E-state index contributed by atoms with van der Waals surface area (Å²) in [5.74, 6) is 0.376. The molecule has 0 unspecified atom stereocenters. The zero-order valence-corrected chi connectivity index (χ0v) is 16.9. The molecule has 0 amide bonds. The molecule has 0 aliphatic heterocycles. The van der Waals surface area contributed by atoms with E-state index >= 15 is 0 Å². The summed E-state index contributed by atoms with van der Waals surface area (Å²) >= 11 is 0. The molecule has 0 aliphatic rings. The van der Waals surface area contributed by atoms with Crippen LogP contribution < -0.4 is 0 Å². The first kappa shape index (κ1) is 17.1. The summed E-state index contributed by atoms with van der Waals surface area (Å²) < 4.78 is 4.24. The highest BCUT2D eigenvalue weighted by Gasteiger charge is 2.31. The van der Waals surface area contributed by atoms with Crippen molar-refractivity contribution in [2.75, 3.05) is 0 Å². The summed E-state index contributed by atoms with van der Waals surface area (Å²) in [7, 11) is 0. The maximum absolute atomic E-state index is 11.1. The summed E-state index contributed by atoms with van der Waals surface area (Å²) in [4.78, 5) is 2.07. The third-order valence-corrected chi connectivity index (χ3v) is 5.37. The summed E-state index contributed by atoms with van der Waals surface area (Å²) in [6.07, 6.45) is 1.03. The Labute approximate surface area is 154 Å². The zero-order valence-electron chi connectivity index (χ0n) is 16.9. The third-order valence-electron chi connectivity index (χ3n) is 5.37. The minimum atomic E-state index is -0.123. The predicted molar refractivity (Wildman–Crippen MR) is 107 cm³/mol. The zero-order chi connectivity index (χ0) is 19.0. The molecule has 1 N–H and O–H groups in total. The van der Waals surface area contributed by atoms with Crippen LogP contribution in [0.1, 0.15) is 65.2 Å². The van der Waals surface area contributed by atoms with Crippen molar-refractivity contribution in [1.82, 2.24) is 14.1 Å². The summed E-state index contributed by atoms with van der Waals surface area (Å²) in [5, 5.41) is 11.1. The Bertz CT molecular complexity index is 1090. The van der Waals surface area contributed by atoms with E-state index in [1.54, 1.807) is 0 Å². The van der Waals surface area contributed by atoms with Gasteiger partial charge in [0.05, 0.1) is 0 Å². The van der Waals surface area contributed by atoms with E-state index in [-0.39, 0.29) is 10.8 Å². The number of benzene rings is 2. The fourth-order valence-corrected chi connectivity index (χ4v) is 3.59. The molecule has 0 radical (unpaired) electrons. The molecule has 4 heteroatoms. The largest absolute Gasteiger partial charge is 0.505 e. The molecule has 0 bridgehead atoms. The molecule has 0 aliphatic carbocycles. The van der Waals surface area contributed by atoms with E-state index in [0.717, 1.165) is 17.7 Å². The van der Waals surface area contributed by atoms with Crippen molar-refractivity contribution in [3.8, 4) is 11.4 Å². The van der Waals surface area contributed by atoms with Gasteiger partial charge < -0.3 is 5.11 Å². The van der Waals surface area contributed by atoms with Crippen molar-refractivity contribution in [2.24, 2.45) is 0 Å². The molecule has 4 nitrogen and oxygen atoms in total. The van der Waals surface area contributed by atoms with Gasteiger partial charge in [-0.15, -0.1) is 14.1 Å². The van der Waals surface area contributed by atoms with Gasteiger partial charge >= 0.3 is 0 Å². The Morgan fingerprint density at radius 1 is 0.846 bits per heavy atom. The second-order valence-corrected chi connectivity index (χ2v) is 9.44. The first-order valence-electron chi connectivity index (χ1n) is 9.45. The van der Waals surface area contributed by atoms with Crippen LogP contribution in [0.5, 0.6) is 5.75 Å². The fourth-order valence-electron chi connectivity index (χ4n) is 3.59. The van der Waals surface area contributed by atoms with Gasteiger partial charge in [-0.2, -0.15) is 0 Å². The smallest absolute Gasteiger partial charge is 0.146 e. The fraction of sp³-hybridized carbons (Fsp3) is 0.455. The van der Waals surface area contributed by atoms with Gasteiger partial charge in [0.2, 0.25) is 0 Å². The summed E-state index contributed by atoms with van der Waals surface area (Å²) in [6.45, 7) is 15.3. The van der Waals surface area contributed by atoms with Crippen LogP contribution in [0.3, 0.4) is 0 Å². The lowest BCUT2D eigenvalue weighted by Gasteiger charge is -2.26. The molecule has 0 atom stereocenters. The number of hydrogen-bond acceptors (Lipinski definition) is 1. The Morgan fingerprint density at radius 2 is 1.50 bits per heavy atom. The van der Waals surface area contributed by atoms with E-state index in [0.29, 0.717) is 5.75 Å². The highest BCUT2D eigenvalue weighted by atomic mass is 16.3. The molecule has 4 rings (SSSR count). The van der Waals surface area contributed by atoms with Gasteiger partial charge in [0.15, 0.2) is 0 Å². The number of phenols is 1. The lowest BCUT2D eigenvalue weighted by molar-refractivity contribution is 0.441. The van der Waals surface area contributed by atoms with Crippen LogP contribution >= 0.6 is 0 Å². The van der Waals surface area contributed by atoms with Crippen LogP contribution in [-0.2, 0) is 17.3 Å². The average molecular weight is 351 g/mol. The highest BCUT2D eigenvalue weighted by molar-refractivity contribution is 5.80. The molecule has 0 fully saturated rings. The standard InChI is InChI=1S/C22H29N3O/c1-8-14-9-10-17-18(11-14)24-23(17)25(24)19-13-15(21(2,3)4)12-16(20(19)26)22(5,6)7/h9-13,26H,8H2,1-7H3. The van der Waals surface area contributed by atoms with Crippen molar-refractivity contribution in [2.45, 2.75) is 65.7 Å². The molecule has 0 spiro atoms. The topological polar surface area (TPSA) is 34.0 Å². The lowest BCUT2D eigenvalue weighted by atomic mass is 9.80. The van der Waals surface area contributed by atoms with E-state index in [9.17, 15) is 5.11 Å². The molecule has 26 heavy (non-hydrogen) atoms. The van der Waals surface area contributed by atoms with E-state index in [4.69, 9.17) is 0 Å². The molecule has 0 saturated heterocycles. The second kappa shape index (κ2) is 5.09. The Hall–Kier alpha value is -2.36. The quantitative estimate of drug-likeness (QED) is 0.523. The van der Waals surface area contributed by atoms with Gasteiger partial charge in [-0.3, -0.25) is 0 Å². The first-order chi connectivity index (χ1) is 12.0. The number of hydrogen-bond donors (Lipinski definition) is 1. The van der Waals surface area contributed by atoms with Crippen molar-refractivity contribution in [3.63, 3.8) is 0 Å². The minimum Gasteiger partial charge on any atom is -0.505 e. The van der Waals surface area contributed by atoms with Crippen LogP contribution in [0.25, 0.3) is 16.7 Å². The molecule has 4 aromatic rings. The van der Waals surface area contributed by atoms with E-state index < -0.39 is 0 Å². The number of fused-ring (bicyclic) bond motifs is 4. The lowest BCUT2D eigenvalue weighted by Crippen LogP contribution is -2.17. The van der Waals surface area contributed by atoms with Gasteiger partial charge in [-0.1, -0.05) is 60.6 Å². The van der Waals surface area contributed by atoms with E-state index in [1.807, 2.05) is 0 Å². The van der Waals surface area contributed by atoms with Crippen LogP contribution in [0.15, 0.2) is 30.3 Å². The number of aromatic nitrogens is 3. The van der Waals surface area contributed by atoms with Crippen molar-refractivity contribution >= 4 is 11.0 Å². The Kier molecular flexibility index (Phi) is 3.34. The van der Waals surface area contributed by atoms with Crippen LogP contribution in [-0.4, -0.2) is 19.2 Å². The Morgan fingerprint density at radius 3 is 2.08 bits per heavy atom. The van der Waals surface area contributed by atoms with Gasteiger partial charge in [-0.05, 0) is 46.6 Å². The molecule has 138 valence electrons. The highest BCUT2D eigenvalue weighted by Crippen LogP contribution is 2.41. The second-order valence-electron chi connectivity index (χ2n) is 9.44. The van der Waals surface area contributed by atoms with E-state index in [2.05, 4.69) is 92.9 Å². The normalized spacial score (nSPS) is 13.5. The van der Waals surface area contributed by atoms with E-state index in [1.165, 1.54) is 22.2 Å². The molecule has 2 aromatic heterocycles. The molecular formula is C22H29N3O. The Balaban J connectivity index is 1.95.